The van der Waals surface area contributed by atoms with Gasteiger partial charge in [-0.3, -0.25) is 0 Å². The lowest BCUT2D eigenvalue weighted by Gasteiger charge is -2.18. The fourth-order valence-corrected chi connectivity index (χ4v) is 4.34. The van der Waals surface area contributed by atoms with Gasteiger partial charge in [-0.2, -0.15) is 0 Å². The van der Waals surface area contributed by atoms with Crippen LogP contribution >= 0.6 is 0 Å². The number of hydrogen-bond acceptors (Lipinski definition) is 4. The summed E-state index contributed by atoms with van der Waals surface area (Å²) in [5.74, 6) is 1.02. The SMILES string of the molecule is CC(C)(C)c1ccc(-c2nnc(-c3ccc(-c4cccc5c4oc4ccccc45)cc3)o2)cc1. The molecule has 0 radical (unpaired) electrons. The summed E-state index contributed by atoms with van der Waals surface area (Å²) < 4.78 is 12.2. The largest absolute Gasteiger partial charge is 0.455 e. The maximum Gasteiger partial charge on any atom is 0.248 e. The van der Waals surface area contributed by atoms with Crippen molar-refractivity contribution in [3.8, 4) is 34.0 Å². The first-order valence-electron chi connectivity index (χ1n) is 11.4. The lowest BCUT2D eigenvalue weighted by atomic mass is 9.87. The summed E-state index contributed by atoms with van der Waals surface area (Å²) in [6.07, 6.45) is 0. The molecule has 0 saturated heterocycles. The Morgan fingerprint density at radius 1 is 0.559 bits per heavy atom. The van der Waals surface area contributed by atoms with Crippen molar-refractivity contribution in [2.24, 2.45) is 0 Å². The minimum absolute atomic E-state index is 0.104. The van der Waals surface area contributed by atoms with Crippen LogP contribution in [0.2, 0.25) is 0 Å². The van der Waals surface area contributed by atoms with Crippen molar-refractivity contribution in [3.05, 3.63) is 96.6 Å². The number of aromatic nitrogens is 2. The zero-order valence-corrected chi connectivity index (χ0v) is 19.4. The van der Waals surface area contributed by atoms with Gasteiger partial charge < -0.3 is 8.83 Å². The fraction of sp³-hybridized carbons (Fsp3) is 0.133. The first-order valence-corrected chi connectivity index (χ1v) is 11.4. The van der Waals surface area contributed by atoms with Gasteiger partial charge in [-0.15, -0.1) is 10.2 Å². The number of hydrogen-bond donors (Lipinski definition) is 0. The maximum atomic E-state index is 6.19. The minimum atomic E-state index is 0.104. The Bertz CT molecular complexity index is 1620. The molecular weight excluding hydrogens is 420 g/mol. The van der Waals surface area contributed by atoms with Crippen LogP contribution in [-0.4, -0.2) is 10.2 Å². The number of furan rings is 1. The molecule has 6 rings (SSSR count). The van der Waals surface area contributed by atoms with Crippen LogP contribution in [0.25, 0.3) is 56.0 Å². The highest BCUT2D eigenvalue weighted by atomic mass is 16.4. The van der Waals surface area contributed by atoms with Crippen LogP contribution in [0.4, 0.5) is 0 Å². The summed E-state index contributed by atoms with van der Waals surface area (Å²) in [6.45, 7) is 6.60. The molecule has 0 aliphatic rings. The first-order chi connectivity index (χ1) is 16.5. The second-order valence-electron chi connectivity index (χ2n) is 9.60. The molecule has 4 aromatic carbocycles. The molecule has 4 heteroatoms. The van der Waals surface area contributed by atoms with Crippen molar-refractivity contribution < 1.29 is 8.83 Å². The Morgan fingerprint density at radius 3 is 1.82 bits per heavy atom. The van der Waals surface area contributed by atoms with E-state index >= 15 is 0 Å². The molecule has 0 fully saturated rings. The lowest BCUT2D eigenvalue weighted by Crippen LogP contribution is -2.10. The molecule has 0 saturated carbocycles. The Morgan fingerprint density at radius 2 is 1.15 bits per heavy atom. The second-order valence-corrected chi connectivity index (χ2v) is 9.60. The summed E-state index contributed by atoms with van der Waals surface area (Å²) in [6, 6.07) is 30.9. The number of benzene rings is 4. The Labute approximate surface area is 197 Å². The standard InChI is InChI=1S/C30H24N2O2/c1-30(2,3)22-17-15-21(16-18-22)29-32-31-28(34-29)20-13-11-19(12-14-20)23-8-6-9-25-24-7-4-5-10-26(24)33-27(23)25/h4-18H,1-3H3. The highest BCUT2D eigenvalue weighted by Crippen LogP contribution is 2.36. The van der Waals surface area contributed by atoms with E-state index in [0.29, 0.717) is 11.8 Å². The fourth-order valence-electron chi connectivity index (χ4n) is 4.34. The van der Waals surface area contributed by atoms with Crippen molar-refractivity contribution in [1.29, 1.82) is 0 Å². The smallest absolute Gasteiger partial charge is 0.248 e. The predicted molar refractivity (Wildman–Crippen MR) is 137 cm³/mol. The van der Waals surface area contributed by atoms with Crippen LogP contribution in [0, 0.1) is 0 Å². The lowest BCUT2D eigenvalue weighted by molar-refractivity contribution is 0.582. The monoisotopic (exact) mass is 444 g/mol. The van der Waals surface area contributed by atoms with Crippen molar-refractivity contribution in [2.75, 3.05) is 0 Å². The number of fused-ring (bicyclic) bond motifs is 3. The quantitative estimate of drug-likeness (QED) is 0.276. The van der Waals surface area contributed by atoms with E-state index in [4.69, 9.17) is 8.83 Å². The van der Waals surface area contributed by atoms with Gasteiger partial charge in [0.05, 0.1) is 0 Å². The molecule has 0 bridgehead atoms. The van der Waals surface area contributed by atoms with Gasteiger partial charge in [0.15, 0.2) is 0 Å². The molecule has 2 aromatic heterocycles. The average Bonchev–Trinajstić information content (AvgIpc) is 3.49. The number of rotatable bonds is 3. The highest BCUT2D eigenvalue weighted by Gasteiger charge is 2.16. The van der Waals surface area contributed by atoms with E-state index in [9.17, 15) is 0 Å². The Hall–Kier alpha value is -4.18. The van der Waals surface area contributed by atoms with Gasteiger partial charge in [-0.25, -0.2) is 0 Å². The molecule has 166 valence electrons. The zero-order valence-electron chi connectivity index (χ0n) is 19.4. The van der Waals surface area contributed by atoms with Gasteiger partial charge >= 0.3 is 0 Å². The molecule has 4 nitrogen and oxygen atoms in total. The first kappa shape index (κ1) is 20.4. The third kappa shape index (κ3) is 3.48. The molecule has 0 atom stereocenters. The van der Waals surface area contributed by atoms with Crippen molar-refractivity contribution >= 4 is 21.9 Å². The Balaban J connectivity index is 1.31. The van der Waals surface area contributed by atoms with Gasteiger partial charge in [-0.05, 0) is 46.9 Å². The summed E-state index contributed by atoms with van der Waals surface area (Å²) in [5.41, 5.74) is 7.10. The normalized spacial score (nSPS) is 12.0. The van der Waals surface area contributed by atoms with Gasteiger partial charge in [0.1, 0.15) is 11.2 Å². The van der Waals surface area contributed by atoms with E-state index in [1.807, 2.05) is 42.5 Å². The van der Waals surface area contributed by atoms with E-state index < -0.39 is 0 Å². The number of para-hydroxylation sites is 2. The molecule has 0 aliphatic heterocycles. The second kappa shape index (κ2) is 7.70. The highest BCUT2D eigenvalue weighted by molar-refractivity contribution is 6.09. The summed E-state index contributed by atoms with van der Waals surface area (Å²) in [4.78, 5) is 0. The van der Waals surface area contributed by atoms with Crippen molar-refractivity contribution in [2.45, 2.75) is 26.2 Å². The van der Waals surface area contributed by atoms with Crippen LogP contribution in [0.3, 0.4) is 0 Å². The van der Waals surface area contributed by atoms with Gasteiger partial charge in [0.25, 0.3) is 0 Å². The molecular formula is C30H24N2O2. The molecule has 34 heavy (non-hydrogen) atoms. The van der Waals surface area contributed by atoms with E-state index in [1.54, 1.807) is 0 Å². The maximum absolute atomic E-state index is 6.19. The van der Waals surface area contributed by atoms with Crippen LogP contribution in [0.5, 0.6) is 0 Å². The van der Waals surface area contributed by atoms with Crippen molar-refractivity contribution in [1.82, 2.24) is 10.2 Å². The zero-order chi connectivity index (χ0) is 23.3. The summed E-state index contributed by atoms with van der Waals surface area (Å²) >= 11 is 0. The van der Waals surface area contributed by atoms with Crippen LogP contribution in [-0.2, 0) is 5.41 Å². The van der Waals surface area contributed by atoms with Crippen molar-refractivity contribution in [3.63, 3.8) is 0 Å². The van der Waals surface area contributed by atoms with Gasteiger partial charge in [0, 0.05) is 27.5 Å². The van der Waals surface area contributed by atoms with E-state index in [-0.39, 0.29) is 5.41 Å². The number of nitrogens with zero attached hydrogens (tertiary/aromatic N) is 2. The van der Waals surface area contributed by atoms with Crippen LogP contribution in [0.15, 0.2) is 99.8 Å². The molecule has 0 unspecified atom stereocenters. The molecule has 6 aromatic rings. The van der Waals surface area contributed by atoms with E-state index in [2.05, 4.69) is 79.5 Å². The molecule has 0 spiro atoms. The topological polar surface area (TPSA) is 52.1 Å². The summed E-state index contributed by atoms with van der Waals surface area (Å²) in [5, 5.41) is 10.8. The van der Waals surface area contributed by atoms with Gasteiger partial charge in [-0.1, -0.05) is 81.4 Å². The molecule has 0 aliphatic carbocycles. The third-order valence-corrected chi connectivity index (χ3v) is 6.27. The predicted octanol–water partition coefficient (Wildman–Crippen LogP) is 8.27. The molecule has 2 heterocycles. The minimum Gasteiger partial charge on any atom is -0.455 e. The molecule has 0 N–H and O–H groups in total. The van der Waals surface area contributed by atoms with Gasteiger partial charge in [0.2, 0.25) is 11.8 Å². The van der Waals surface area contributed by atoms with E-state index in [0.717, 1.165) is 44.2 Å². The average molecular weight is 445 g/mol. The summed E-state index contributed by atoms with van der Waals surface area (Å²) in [7, 11) is 0. The van der Waals surface area contributed by atoms with Crippen LogP contribution < -0.4 is 0 Å². The van der Waals surface area contributed by atoms with E-state index in [1.165, 1.54) is 5.56 Å². The van der Waals surface area contributed by atoms with Crippen LogP contribution in [0.1, 0.15) is 26.3 Å². The third-order valence-electron chi connectivity index (χ3n) is 6.27. The molecule has 0 amide bonds. The Kier molecular flexibility index (Phi) is 4.63.